The Balaban J connectivity index is 1.35. The highest BCUT2D eigenvalue weighted by Crippen LogP contribution is 2.32. The molecule has 1 aliphatic heterocycles. The van der Waals surface area contributed by atoms with Gasteiger partial charge in [-0.15, -0.1) is 0 Å². The molecule has 152 valence electrons. The van der Waals surface area contributed by atoms with Gasteiger partial charge in [0.1, 0.15) is 37.3 Å². The van der Waals surface area contributed by atoms with Gasteiger partial charge in [-0.2, -0.15) is 0 Å². The van der Waals surface area contributed by atoms with Gasteiger partial charge >= 0.3 is 5.63 Å². The fourth-order valence-corrected chi connectivity index (χ4v) is 3.16. The highest BCUT2D eigenvalue weighted by Gasteiger charge is 2.13. The predicted octanol–water partition coefficient (Wildman–Crippen LogP) is 3.03. The SMILES string of the molecule is Cc1c(C)c2ccc(OC[C@@H](O)CNc3ccc4c(c3)OCCO4)cc2oc1=O. The van der Waals surface area contributed by atoms with Crippen molar-refractivity contribution in [1.29, 1.82) is 0 Å². The number of anilines is 1. The molecular formula is C22H23NO6. The molecule has 1 aliphatic rings. The molecule has 1 atom stereocenters. The monoisotopic (exact) mass is 397 g/mol. The number of rotatable bonds is 6. The van der Waals surface area contributed by atoms with Gasteiger partial charge in [-0.25, -0.2) is 4.79 Å². The van der Waals surface area contributed by atoms with Gasteiger partial charge in [0.25, 0.3) is 0 Å². The summed E-state index contributed by atoms with van der Waals surface area (Å²) in [6.07, 6.45) is -0.731. The van der Waals surface area contributed by atoms with Crippen molar-refractivity contribution in [1.82, 2.24) is 0 Å². The van der Waals surface area contributed by atoms with Gasteiger partial charge in [-0.1, -0.05) is 0 Å². The summed E-state index contributed by atoms with van der Waals surface area (Å²) in [7, 11) is 0. The van der Waals surface area contributed by atoms with E-state index in [1.165, 1.54) is 0 Å². The smallest absolute Gasteiger partial charge is 0.339 e. The Hall–Kier alpha value is -3.19. The third kappa shape index (κ3) is 4.14. The van der Waals surface area contributed by atoms with Crippen LogP contribution in [0.1, 0.15) is 11.1 Å². The van der Waals surface area contributed by atoms with E-state index in [4.69, 9.17) is 18.6 Å². The van der Waals surface area contributed by atoms with E-state index in [0.29, 0.717) is 42.4 Å². The molecule has 7 heteroatoms. The van der Waals surface area contributed by atoms with E-state index in [1.807, 2.05) is 31.2 Å². The Bertz CT molecular complexity index is 1090. The molecule has 0 unspecified atom stereocenters. The Morgan fingerprint density at radius 3 is 2.69 bits per heavy atom. The van der Waals surface area contributed by atoms with Crippen molar-refractivity contribution in [2.45, 2.75) is 20.0 Å². The van der Waals surface area contributed by atoms with Gasteiger partial charge in [0, 0.05) is 35.3 Å². The number of benzene rings is 2. The van der Waals surface area contributed by atoms with Crippen molar-refractivity contribution in [3.63, 3.8) is 0 Å². The molecule has 0 spiro atoms. The molecule has 7 nitrogen and oxygen atoms in total. The van der Waals surface area contributed by atoms with Gasteiger partial charge in [0.15, 0.2) is 11.5 Å². The first-order chi connectivity index (χ1) is 14.0. The summed E-state index contributed by atoms with van der Waals surface area (Å²) in [6.45, 7) is 5.11. The molecule has 1 aromatic heterocycles. The molecule has 2 aromatic carbocycles. The van der Waals surface area contributed by atoms with Crippen molar-refractivity contribution in [2.75, 3.05) is 31.7 Å². The third-order valence-electron chi connectivity index (χ3n) is 4.95. The largest absolute Gasteiger partial charge is 0.491 e. The van der Waals surface area contributed by atoms with Gasteiger partial charge in [-0.05, 0) is 43.7 Å². The van der Waals surface area contributed by atoms with Gasteiger partial charge in [0.05, 0.1) is 0 Å². The maximum Gasteiger partial charge on any atom is 0.339 e. The van der Waals surface area contributed by atoms with Crippen LogP contribution in [0, 0.1) is 13.8 Å². The summed E-state index contributed by atoms with van der Waals surface area (Å²) in [6, 6.07) is 10.9. The molecule has 0 radical (unpaired) electrons. The lowest BCUT2D eigenvalue weighted by atomic mass is 10.1. The number of aryl methyl sites for hydroxylation is 1. The predicted molar refractivity (Wildman–Crippen MR) is 109 cm³/mol. The van der Waals surface area contributed by atoms with Crippen molar-refractivity contribution in [2.24, 2.45) is 0 Å². The highest BCUT2D eigenvalue weighted by atomic mass is 16.6. The van der Waals surface area contributed by atoms with Crippen LogP contribution in [-0.2, 0) is 0 Å². The summed E-state index contributed by atoms with van der Waals surface area (Å²) >= 11 is 0. The minimum absolute atomic E-state index is 0.0954. The van der Waals surface area contributed by atoms with Crippen LogP contribution in [0.25, 0.3) is 11.0 Å². The number of aliphatic hydroxyl groups excluding tert-OH is 1. The van der Waals surface area contributed by atoms with Crippen LogP contribution in [0.5, 0.6) is 17.2 Å². The molecule has 0 saturated heterocycles. The van der Waals surface area contributed by atoms with Crippen molar-refractivity contribution < 1.29 is 23.7 Å². The average Bonchev–Trinajstić information content (AvgIpc) is 2.74. The Labute approximate surface area is 167 Å². The van der Waals surface area contributed by atoms with Crippen LogP contribution in [-0.4, -0.2) is 37.6 Å². The molecule has 0 saturated carbocycles. The van der Waals surface area contributed by atoms with E-state index >= 15 is 0 Å². The zero-order valence-electron chi connectivity index (χ0n) is 16.4. The first-order valence-corrected chi connectivity index (χ1v) is 9.50. The Morgan fingerprint density at radius 2 is 1.86 bits per heavy atom. The molecule has 0 bridgehead atoms. The maximum atomic E-state index is 11.9. The summed E-state index contributed by atoms with van der Waals surface area (Å²) in [4.78, 5) is 11.9. The second-order valence-electron chi connectivity index (χ2n) is 7.00. The Kier molecular flexibility index (Phi) is 5.31. The lowest BCUT2D eigenvalue weighted by Crippen LogP contribution is -2.26. The van der Waals surface area contributed by atoms with Crippen LogP contribution in [0.3, 0.4) is 0 Å². The molecule has 2 N–H and O–H groups in total. The molecule has 4 rings (SSSR count). The quantitative estimate of drug-likeness (QED) is 0.618. The number of nitrogens with one attached hydrogen (secondary N) is 1. The summed E-state index contributed by atoms with van der Waals surface area (Å²) in [5, 5.41) is 14.3. The van der Waals surface area contributed by atoms with Gasteiger partial charge in [0.2, 0.25) is 0 Å². The number of aliphatic hydroxyl groups is 1. The van der Waals surface area contributed by atoms with Crippen molar-refractivity contribution in [3.8, 4) is 17.2 Å². The van der Waals surface area contributed by atoms with Gasteiger partial charge in [-0.3, -0.25) is 0 Å². The summed E-state index contributed by atoms with van der Waals surface area (Å²) in [5.41, 5.74) is 2.44. The minimum Gasteiger partial charge on any atom is -0.491 e. The molecule has 0 aliphatic carbocycles. The summed E-state index contributed by atoms with van der Waals surface area (Å²) < 4.78 is 22.1. The van der Waals surface area contributed by atoms with E-state index in [0.717, 1.165) is 22.4 Å². The van der Waals surface area contributed by atoms with Crippen LogP contribution in [0.15, 0.2) is 45.6 Å². The standard InChI is InChI=1S/C22H23NO6/c1-13-14(2)22(25)29-20-10-17(4-5-18(13)20)28-12-16(24)11-23-15-3-6-19-21(9-15)27-8-7-26-19/h3-6,9-10,16,23-24H,7-8,11-12H2,1-2H3/t16-/m0/s1. The van der Waals surface area contributed by atoms with E-state index in [1.54, 1.807) is 19.1 Å². The third-order valence-corrected chi connectivity index (χ3v) is 4.95. The van der Waals surface area contributed by atoms with E-state index in [9.17, 15) is 9.90 Å². The zero-order chi connectivity index (χ0) is 20.4. The summed E-state index contributed by atoms with van der Waals surface area (Å²) in [5.74, 6) is 1.94. The molecule has 2 heterocycles. The average molecular weight is 397 g/mol. The molecular weight excluding hydrogens is 374 g/mol. The second-order valence-corrected chi connectivity index (χ2v) is 7.00. The second kappa shape index (κ2) is 8.05. The topological polar surface area (TPSA) is 90.2 Å². The fraction of sp³-hybridized carbons (Fsp3) is 0.318. The van der Waals surface area contributed by atoms with Crippen LogP contribution in [0.2, 0.25) is 0 Å². The van der Waals surface area contributed by atoms with E-state index < -0.39 is 6.10 Å². The first-order valence-electron chi connectivity index (χ1n) is 9.50. The van der Waals surface area contributed by atoms with Gasteiger partial charge < -0.3 is 29.1 Å². The van der Waals surface area contributed by atoms with Crippen molar-refractivity contribution >= 4 is 16.7 Å². The highest BCUT2D eigenvalue weighted by molar-refractivity contribution is 5.82. The molecule has 0 fully saturated rings. The lowest BCUT2D eigenvalue weighted by Gasteiger charge is -2.20. The number of hydrogen-bond donors (Lipinski definition) is 2. The molecule has 3 aromatic rings. The number of hydrogen-bond acceptors (Lipinski definition) is 7. The molecule has 29 heavy (non-hydrogen) atoms. The van der Waals surface area contributed by atoms with E-state index in [2.05, 4.69) is 5.32 Å². The Morgan fingerprint density at radius 1 is 1.07 bits per heavy atom. The van der Waals surface area contributed by atoms with Crippen LogP contribution < -0.4 is 25.2 Å². The van der Waals surface area contributed by atoms with E-state index in [-0.39, 0.29) is 12.2 Å². The molecule has 0 amide bonds. The fourth-order valence-electron chi connectivity index (χ4n) is 3.16. The normalized spacial score (nSPS) is 13.9. The minimum atomic E-state index is -0.731. The number of ether oxygens (including phenoxy) is 3. The zero-order valence-corrected chi connectivity index (χ0v) is 16.4. The van der Waals surface area contributed by atoms with Crippen LogP contribution >= 0.6 is 0 Å². The maximum absolute atomic E-state index is 11.9. The van der Waals surface area contributed by atoms with Crippen LogP contribution in [0.4, 0.5) is 5.69 Å². The lowest BCUT2D eigenvalue weighted by molar-refractivity contribution is 0.117. The first kappa shape index (κ1) is 19.1. The number of fused-ring (bicyclic) bond motifs is 2. The van der Waals surface area contributed by atoms with Crippen molar-refractivity contribution in [3.05, 3.63) is 57.9 Å².